The van der Waals surface area contributed by atoms with E-state index in [4.69, 9.17) is 17.3 Å². The summed E-state index contributed by atoms with van der Waals surface area (Å²) >= 11 is 8.76. The Morgan fingerprint density at radius 3 is 2.79 bits per heavy atom. The number of amides is 1. The molecule has 38 heavy (non-hydrogen) atoms. The van der Waals surface area contributed by atoms with Crippen molar-refractivity contribution in [3.05, 3.63) is 87.3 Å². The van der Waals surface area contributed by atoms with Gasteiger partial charge in [-0.05, 0) is 49.6 Å². The number of nitriles is 1. The van der Waals surface area contributed by atoms with Gasteiger partial charge < -0.3 is 11.1 Å². The Kier molecular flexibility index (Phi) is 7.51. The normalized spacial score (nSPS) is 17.3. The van der Waals surface area contributed by atoms with Crippen molar-refractivity contribution in [3.63, 3.8) is 0 Å². The van der Waals surface area contributed by atoms with Crippen molar-refractivity contribution in [1.29, 1.82) is 5.26 Å². The van der Waals surface area contributed by atoms with Gasteiger partial charge in [0.15, 0.2) is 10.1 Å². The largest absolute Gasteiger partial charge is 0.384 e. The summed E-state index contributed by atoms with van der Waals surface area (Å²) in [6.45, 7) is 1.98. The summed E-state index contributed by atoms with van der Waals surface area (Å²) in [6, 6.07) is 17.0. The van der Waals surface area contributed by atoms with Gasteiger partial charge >= 0.3 is 0 Å². The Labute approximate surface area is 233 Å². The van der Waals surface area contributed by atoms with Gasteiger partial charge in [-0.25, -0.2) is 0 Å². The van der Waals surface area contributed by atoms with E-state index in [0.717, 1.165) is 22.5 Å². The molecule has 1 unspecified atom stereocenters. The average Bonchev–Trinajstić information content (AvgIpc) is 3.37. The Balaban J connectivity index is 1.42. The van der Waals surface area contributed by atoms with Crippen LogP contribution in [0.15, 0.2) is 75.5 Å². The molecular formula is C27H23ClN6O2S2. The molecule has 1 aliphatic heterocycles. The van der Waals surface area contributed by atoms with Crippen LogP contribution in [0.25, 0.3) is 0 Å². The minimum absolute atomic E-state index is 0.0200. The van der Waals surface area contributed by atoms with Crippen LogP contribution in [0.3, 0.4) is 0 Å². The Bertz CT molecular complexity index is 1520. The van der Waals surface area contributed by atoms with Gasteiger partial charge in [-0.2, -0.15) is 5.26 Å². The average molecular weight is 563 g/mol. The number of carbonyl (C=O) groups is 2. The van der Waals surface area contributed by atoms with E-state index >= 15 is 0 Å². The van der Waals surface area contributed by atoms with Gasteiger partial charge in [-0.15, -0.1) is 10.2 Å². The van der Waals surface area contributed by atoms with Crippen LogP contribution >= 0.6 is 34.7 Å². The predicted molar refractivity (Wildman–Crippen MR) is 150 cm³/mol. The fraction of sp³-hybridized carbons (Fsp3) is 0.222. The maximum atomic E-state index is 13.2. The lowest BCUT2D eigenvalue weighted by Gasteiger charge is -2.38. The highest BCUT2D eigenvalue weighted by atomic mass is 35.5. The van der Waals surface area contributed by atoms with Gasteiger partial charge in [-0.1, -0.05) is 64.5 Å². The standard InChI is InChI=1S/C27H23ClN6O2S2/c1-15-8-10-18(11-9-15)31-22(36)14-37-27-33-32-26(38-27)34-20-6-3-7-21(35)24(20)23(19(13-29)25(34)30)16-4-2-5-17(28)12-16/h2,4-5,8-12,23H,3,6-7,14,30H2,1H3,(H,31,36). The third kappa shape index (κ3) is 5.18. The fourth-order valence-electron chi connectivity index (χ4n) is 4.64. The van der Waals surface area contributed by atoms with Crippen molar-refractivity contribution in [3.8, 4) is 6.07 Å². The fourth-order valence-corrected chi connectivity index (χ4v) is 6.52. The Hall–Kier alpha value is -3.65. The molecule has 3 N–H and O–H groups in total. The predicted octanol–water partition coefficient (Wildman–Crippen LogP) is 5.54. The quantitative estimate of drug-likeness (QED) is 0.375. The number of nitrogens with one attached hydrogen (secondary N) is 1. The highest BCUT2D eigenvalue weighted by Gasteiger charge is 2.41. The van der Waals surface area contributed by atoms with Gasteiger partial charge in [0.1, 0.15) is 5.82 Å². The summed E-state index contributed by atoms with van der Waals surface area (Å²) in [6.07, 6.45) is 1.68. The highest BCUT2D eigenvalue weighted by Crippen LogP contribution is 2.47. The Morgan fingerprint density at radius 1 is 1.26 bits per heavy atom. The molecule has 11 heteroatoms. The number of allylic oxidation sites excluding steroid dienone is 3. The number of nitrogens with zero attached hydrogens (tertiary/aromatic N) is 4. The lowest BCUT2D eigenvalue weighted by molar-refractivity contribution is -0.116. The van der Waals surface area contributed by atoms with Crippen molar-refractivity contribution in [2.24, 2.45) is 5.73 Å². The molecule has 1 aromatic heterocycles. The first-order chi connectivity index (χ1) is 18.4. The minimum Gasteiger partial charge on any atom is -0.384 e. The number of hydrogen-bond acceptors (Lipinski definition) is 9. The van der Waals surface area contributed by atoms with Gasteiger partial charge in [0, 0.05) is 28.4 Å². The SMILES string of the molecule is Cc1ccc(NC(=O)CSc2nnc(N3C(N)=C(C#N)C(c4cccc(Cl)c4)C4=C3CCCC4=O)s2)cc1. The number of hydrogen-bond donors (Lipinski definition) is 2. The lowest BCUT2D eigenvalue weighted by atomic mass is 9.76. The number of rotatable bonds is 6. The Morgan fingerprint density at radius 2 is 2.05 bits per heavy atom. The number of aromatic nitrogens is 2. The van der Waals surface area contributed by atoms with Crippen molar-refractivity contribution >= 4 is 57.2 Å². The van der Waals surface area contributed by atoms with Crippen LogP contribution in [0.2, 0.25) is 5.02 Å². The van der Waals surface area contributed by atoms with Crippen LogP contribution in [0.5, 0.6) is 0 Å². The monoisotopic (exact) mass is 562 g/mol. The molecule has 2 aliphatic rings. The molecule has 1 amide bonds. The van der Waals surface area contributed by atoms with Gasteiger partial charge in [0.05, 0.1) is 23.3 Å². The summed E-state index contributed by atoms with van der Waals surface area (Å²) in [4.78, 5) is 27.3. The van der Waals surface area contributed by atoms with E-state index in [-0.39, 0.29) is 28.8 Å². The summed E-state index contributed by atoms with van der Waals surface area (Å²) < 4.78 is 0.576. The smallest absolute Gasteiger partial charge is 0.234 e. The first-order valence-electron chi connectivity index (χ1n) is 11.9. The molecule has 1 atom stereocenters. The zero-order valence-electron chi connectivity index (χ0n) is 20.4. The first-order valence-corrected chi connectivity index (χ1v) is 14.1. The first kappa shape index (κ1) is 26.0. The molecule has 0 saturated heterocycles. The zero-order valence-corrected chi connectivity index (χ0v) is 22.8. The number of thioether (sulfide) groups is 1. The third-order valence-electron chi connectivity index (χ3n) is 6.34. The maximum Gasteiger partial charge on any atom is 0.234 e. The summed E-state index contributed by atoms with van der Waals surface area (Å²) in [5, 5.41) is 22.5. The van der Waals surface area contributed by atoms with E-state index in [1.165, 1.54) is 23.1 Å². The van der Waals surface area contributed by atoms with E-state index in [1.54, 1.807) is 23.1 Å². The molecule has 0 saturated carbocycles. The number of halogens is 1. The third-order valence-corrected chi connectivity index (χ3v) is 8.62. The zero-order chi connectivity index (χ0) is 26.8. The molecule has 2 aromatic carbocycles. The number of nitrogens with two attached hydrogens (primary N) is 1. The second kappa shape index (κ2) is 11.0. The number of anilines is 2. The van der Waals surface area contributed by atoms with E-state index < -0.39 is 5.92 Å². The topological polar surface area (TPSA) is 125 Å². The molecule has 1 aliphatic carbocycles. The lowest BCUT2D eigenvalue weighted by Crippen LogP contribution is -2.38. The van der Waals surface area contributed by atoms with Crippen molar-refractivity contribution in [1.82, 2.24) is 10.2 Å². The van der Waals surface area contributed by atoms with E-state index in [0.29, 0.717) is 39.3 Å². The highest BCUT2D eigenvalue weighted by molar-refractivity contribution is 8.01. The second-order valence-electron chi connectivity index (χ2n) is 8.92. The number of ketones is 1. The molecular weight excluding hydrogens is 540 g/mol. The van der Waals surface area contributed by atoms with Crippen LogP contribution in [-0.4, -0.2) is 27.6 Å². The van der Waals surface area contributed by atoms with Gasteiger partial charge in [0.2, 0.25) is 11.0 Å². The minimum atomic E-state index is -0.593. The van der Waals surface area contributed by atoms with E-state index in [2.05, 4.69) is 21.6 Å². The van der Waals surface area contributed by atoms with Crippen LogP contribution in [0.4, 0.5) is 10.8 Å². The molecule has 5 rings (SSSR count). The van der Waals surface area contributed by atoms with Crippen molar-refractivity contribution < 1.29 is 9.59 Å². The van der Waals surface area contributed by atoms with Crippen LogP contribution in [0.1, 0.15) is 36.3 Å². The molecule has 3 aromatic rings. The summed E-state index contributed by atoms with van der Waals surface area (Å²) in [5.74, 6) is -0.401. The molecule has 192 valence electrons. The number of benzene rings is 2. The maximum absolute atomic E-state index is 13.2. The molecule has 8 nitrogen and oxygen atoms in total. The molecule has 0 bridgehead atoms. The van der Waals surface area contributed by atoms with Gasteiger partial charge in [-0.3, -0.25) is 14.5 Å². The van der Waals surface area contributed by atoms with Gasteiger partial charge in [0.25, 0.3) is 0 Å². The van der Waals surface area contributed by atoms with Crippen molar-refractivity contribution in [2.45, 2.75) is 36.4 Å². The molecule has 2 heterocycles. The van der Waals surface area contributed by atoms with Crippen LogP contribution < -0.4 is 16.0 Å². The van der Waals surface area contributed by atoms with E-state index in [9.17, 15) is 14.9 Å². The number of aryl methyl sites for hydroxylation is 1. The van der Waals surface area contributed by atoms with Crippen LogP contribution in [0, 0.1) is 18.3 Å². The molecule has 0 spiro atoms. The molecule has 0 radical (unpaired) electrons. The number of Topliss-reactive ketones (excluding diaryl/α,β-unsaturated/α-hetero) is 1. The summed E-state index contributed by atoms with van der Waals surface area (Å²) in [7, 11) is 0. The van der Waals surface area contributed by atoms with E-state index in [1.807, 2.05) is 37.3 Å². The summed E-state index contributed by atoms with van der Waals surface area (Å²) in [5.41, 5.74) is 10.7. The van der Waals surface area contributed by atoms with Crippen LogP contribution in [-0.2, 0) is 9.59 Å². The van der Waals surface area contributed by atoms with Crippen molar-refractivity contribution in [2.75, 3.05) is 16.0 Å². The number of carbonyl (C=O) groups excluding carboxylic acids is 2. The second-order valence-corrected chi connectivity index (χ2v) is 11.5. The molecule has 0 fully saturated rings.